The first-order chi connectivity index (χ1) is 12.9. The highest BCUT2D eigenvalue weighted by Crippen LogP contribution is 2.13. The van der Waals surface area contributed by atoms with Crippen LogP contribution in [0.2, 0.25) is 0 Å². The summed E-state index contributed by atoms with van der Waals surface area (Å²) >= 11 is 0. The van der Waals surface area contributed by atoms with Crippen molar-refractivity contribution in [2.24, 2.45) is 4.99 Å². The Hall–Kier alpha value is -0.790. The number of unbranched alkanes of at least 4 members (excludes halogenated alkanes) is 14. The van der Waals surface area contributed by atoms with Crippen LogP contribution in [0.1, 0.15) is 123 Å². The predicted octanol–water partition coefficient (Wildman–Crippen LogP) is 7.58. The van der Waals surface area contributed by atoms with E-state index >= 15 is 0 Å². The quantitative estimate of drug-likeness (QED) is 0.197. The van der Waals surface area contributed by atoms with Crippen molar-refractivity contribution >= 4 is 5.84 Å². The van der Waals surface area contributed by atoms with Gasteiger partial charge in [0.25, 0.3) is 0 Å². The van der Waals surface area contributed by atoms with Crippen LogP contribution in [0.25, 0.3) is 0 Å². The van der Waals surface area contributed by atoms with Crippen LogP contribution in [-0.4, -0.2) is 18.4 Å². The van der Waals surface area contributed by atoms with Crippen LogP contribution in [0, 0.1) is 0 Å². The van der Waals surface area contributed by atoms with Crippen LogP contribution in [0.3, 0.4) is 0 Å². The van der Waals surface area contributed by atoms with Gasteiger partial charge < -0.3 is 5.32 Å². The third-order valence-electron chi connectivity index (χ3n) is 5.44. The minimum Gasteiger partial charge on any atom is -0.371 e. The number of rotatable bonds is 18. The molecule has 1 heterocycles. The lowest BCUT2D eigenvalue weighted by molar-refractivity contribution is 0.540. The number of nitrogens with zero attached hydrogens (tertiary/aromatic N) is 1. The first-order valence-electron chi connectivity index (χ1n) is 11.8. The van der Waals surface area contributed by atoms with E-state index in [1.807, 2.05) is 0 Å². The topological polar surface area (TPSA) is 24.4 Å². The van der Waals surface area contributed by atoms with Gasteiger partial charge in [0.05, 0.1) is 11.9 Å². The molecule has 0 saturated heterocycles. The van der Waals surface area contributed by atoms with Gasteiger partial charge in [-0.3, -0.25) is 4.99 Å². The van der Waals surface area contributed by atoms with Crippen molar-refractivity contribution in [3.05, 3.63) is 12.2 Å². The molecule has 1 rings (SSSR count). The standard InChI is InChI=1S/C24H46N2/c1-3-5-7-8-9-10-11-12-13-14-15-16-17-18-19-20-23-22-25-24(26-23)21-6-4-2/h19-20,23H,3-18,21-22H2,1-2H3,(H,25,26). The first kappa shape index (κ1) is 23.2. The molecule has 0 aromatic rings. The molecule has 1 aliphatic heterocycles. The molecular weight excluding hydrogens is 316 g/mol. The average molecular weight is 363 g/mol. The molecule has 152 valence electrons. The molecule has 0 aromatic carbocycles. The van der Waals surface area contributed by atoms with Crippen LogP contribution in [0.15, 0.2) is 17.1 Å². The van der Waals surface area contributed by atoms with Crippen molar-refractivity contribution < 1.29 is 0 Å². The maximum Gasteiger partial charge on any atom is 0.0972 e. The molecule has 2 heteroatoms. The second-order valence-electron chi connectivity index (χ2n) is 8.09. The predicted molar refractivity (Wildman–Crippen MR) is 118 cm³/mol. The van der Waals surface area contributed by atoms with E-state index in [0.717, 1.165) is 13.0 Å². The molecule has 0 aromatic heterocycles. The first-order valence-corrected chi connectivity index (χ1v) is 11.8. The van der Waals surface area contributed by atoms with Gasteiger partial charge in [-0.2, -0.15) is 0 Å². The van der Waals surface area contributed by atoms with Crippen molar-refractivity contribution in [3.8, 4) is 0 Å². The number of allylic oxidation sites excluding steroid dienone is 1. The molecule has 0 fully saturated rings. The summed E-state index contributed by atoms with van der Waals surface area (Å²) in [5, 5.41) is 3.44. The van der Waals surface area contributed by atoms with Gasteiger partial charge in [-0.05, 0) is 19.3 Å². The summed E-state index contributed by atoms with van der Waals surface area (Å²) in [5.74, 6) is 1.22. The van der Waals surface area contributed by atoms with Gasteiger partial charge in [0.1, 0.15) is 0 Å². The highest BCUT2D eigenvalue weighted by atomic mass is 15.1. The molecule has 0 radical (unpaired) electrons. The molecule has 1 aliphatic rings. The van der Waals surface area contributed by atoms with E-state index in [-0.39, 0.29) is 0 Å². The van der Waals surface area contributed by atoms with Gasteiger partial charge in [0.2, 0.25) is 0 Å². The fourth-order valence-electron chi connectivity index (χ4n) is 3.66. The highest BCUT2D eigenvalue weighted by Gasteiger charge is 2.12. The Morgan fingerprint density at radius 2 is 1.31 bits per heavy atom. The molecule has 1 N–H and O–H groups in total. The molecule has 1 unspecified atom stereocenters. The number of hydrogen-bond acceptors (Lipinski definition) is 2. The lowest BCUT2D eigenvalue weighted by atomic mass is 10.0. The SMILES string of the molecule is CCCCCCCCCCCCCCCC=CC1CNC(CCCC)=N1. The largest absolute Gasteiger partial charge is 0.371 e. The summed E-state index contributed by atoms with van der Waals surface area (Å²) in [6.45, 7) is 5.54. The third kappa shape index (κ3) is 13.4. The molecule has 0 spiro atoms. The van der Waals surface area contributed by atoms with E-state index in [0.29, 0.717) is 6.04 Å². The third-order valence-corrected chi connectivity index (χ3v) is 5.44. The maximum absolute atomic E-state index is 4.75. The average Bonchev–Trinajstić information content (AvgIpc) is 3.11. The smallest absolute Gasteiger partial charge is 0.0972 e. The molecule has 0 aliphatic carbocycles. The van der Waals surface area contributed by atoms with E-state index in [1.165, 1.54) is 109 Å². The van der Waals surface area contributed by atoms with Crippen LogP contribution in [0.5, 0.6) is 0 Å². The second kappa shape index (κ2) is 17.6. The summed E-state index contributed by atoms with van der Waals surface area (Å²) < 4.78 is 0. The zero-order valence-electron chi connectivity index (χ0n) is 17.9. The lowest BCUT2D eigenvalue weighted by Gasteiger charge is -2.02. The Balaban J connectivity index is 1.81. The number of hydrogen-bond donors (Lipinski definition) is 1. The Bertz CT molecular complexity index is 359. The van der Waals surface area contributed by atoms with E-state index < -0.39 is 0 Å². The number of nitrogens with one attached hydrogen (secondary N) is 1. The molecule has 0 bridgehead atoms. The van der Waals surface area contributed by atoms with Crippen LogP contribution < -0.4 is 5.32 Å². The summed E-state index contributed by atoms with van der Waals surface area (Å²) in [6.07, 6.45) is 28.2. The van der Waals surface area contributed by atoms with Gasteiger partial charge in [-0.1, -0.05) is 109 Å². The van der Waals surface area contributed by atoms with Crippen molar-refractivity contribution in [1.82, 2.24) is 5.32 Å². The monoisotopic (exact) mass is 362 g/mol. The summed E-state index contributed by atoms with van der Waals surface area (Å²) in [5.41, 5.74) is 0. The summed E-state index contributed by atoms with van der Waals surface area (Å²) in [4.78, 5) is 4.75. The Morgan fingerprint density at radius 3 is 1.88 bits per heavy atom. The van der Waals surface area contributed by atoms with Gasteiger partial charge in [0.15, 0.2) is 0 Å². The number of aliphatic imine (C=N–C) groups is 1. The summed E-state index contributed by atoms with van der Waals surface area (Å²) in [7, 11) is 0. The van der Waals surface area contributed by atoms with Gasteiger partial charge in [-0.15, -0.1) is 0 Å². The van der Waals surface area contributed by atoms with Crippen LogP contribution in [0.4, 0.5) is 0 Å². The van der Waals surface area contributed by atoms with E-state index in [1.54, 1.807) is 0 Å². The summed E-state index contributed by atoms with van der Waals surface area (Å²) in [6, 6.07) is 0.392. The van der Waals surface area contributed by atoms with E-state index in [2.05, 4.69) is 31.3 Å². The minimum atomic E-state index is 0.392. The van der Waals surface area contributed by atoms with Crippen molar-refractivity contribution in [2.45, 2.75) is 129 Å². The van der Waals surface area contributed by atoms with Crippen molar-refractivity contribution in [1.29, 1.82) is 0 Å². The van der Waals surface area contributed by atoms with Crippen LogP contribution in [-0.2, 0) is 0 Å². The van der Waals surface area contributed by atoms with Crippen molar-refractivity contribution in [3.63, 3.8) is 0 Å². The van der Waals surface area contributed by atoms with Gasteiger partial charge in [0, 0.05) is 13.0 Å². The molecule has 26 heavy (non-hydrogen) atoms. The molecule has 2 nitrogen and oxygen atoms in total. The van der Waals surface area contributed by atoms with E-state index in [9.17, 15) is 0 Å². The Labute approximate surface area is 164 Å². The molecule has 1 atom stereocenters. The molecular formula is C24H46N2. The normalized spacial score (nSPS) is 17.0. The zero-order chi connectivity index (χ0) is 18.7. The highest BCUT2D eigenvalue weighted by molar-refractivity contribution is 5.84. The lowest BCUT2D eigenvalue weighted by Crippen LogP contribution is -2.20. The fourth-order valence-corrected chi connectivity index (χ4v) is 3.66. The van der Waals surface area contributed by atoms with E-state index in [4.69, 9.17) is 4.99 Å². The van der Waals surface area contributed by atoms with Gasteiger partial charge in [-0.25, -0.2) is 0 Å². The Kier molecular flexibility index (Phi) is 15.8. The van der Waals surface area contributed by atoms with Gasteiger partial charge >= 0.3 is 0 Å². The zero-order valence-corrected chi connectivity index (χ0v) is 17.9. The second-order valence-corrected chi connectivity index (χ2v) is 8.09. The minimum absolute atomic E-state index is 0.392. The van der Waals surface area contributed by atoms with Crippen LogP contribution >= 0.6 is 0 Å². The molecule has 0 saturated carbocycles. The molecule has 0 amide bonds. The fraction of sp³-hybridized carbons (Fsp3) is 0.875. The maximum atomic E-state index is 4.75. The number of amidine groups is 1. The Morgan fingerprint density at radius 1 is 0.769 bits per heavy atom. The van der Waals surface area contributed by atoms with Crippen molar-refractivity contribution in [2.75, 3.05) is 6.54 Å².